The highest BCUT2D eigenvalue weighted by atomic mass is 35.5. The van der Waals surface area contributed by atoms with Gasteiger partial charge in [0.2, 0.25) is 0 Å². The first-order valence-electron chi connectivity index (χ1n) is 10.3. The van der Waals surface area contributed by atoms with E-state index in [4.69, 9.17) is 11.6 Å². The van der Waals surface area contributed by atoms with Crippen LogP contribution in [-0.2, 0) is 6.54 Å². The molecule has 3 N–H and O–H groups in total. The van der Waals surface area contributed by atoms with Gasteiger partial charge in [-0.2, -0.15) is 0 Å². The Morgan fingerprint density at radius 2 is 1.90 bits per heavy atom. The zero-order chi connectivity index (χ0) is 21.2. The molecule has 0 saturated carbocycles. The third-order valence-electron chi connectivity index (χ3n) is 4.84. The molecule has 3 nitrogen and oxygen atoms in total. The molecule has 0 spiro atoms. The minimum Gasteiger partial charge on any atom is -0.380 e. The number of pyridine rings is 1. The van der Waals surface area contributed by atoms with E-state index in [1.54, 1.807) is 0 Å². The molecule has 0 bridgehead atoms. The maximum Gasteiger partial charge on any atom is 0.131 e. The summed E-state index contributed by atoms with van der Waals surface area (Å²) >= 11 is 8.20. The van der Waals surface area contributed by atoms with E-state index in [1.807, 2.05) is 37.3 Å². The number of anilines is 1. The molecular formula is C24H32ClN3S. The largest absolute Gasteiger partial charge is 0.380 e. The number of nitrogens with two attached hydrogens (primary N) is 1. The Kier molecular flexibility index (Phi) is 9.65. The summed E-state index contributed by atoms with van der Waals surface area (Å²) in [5, 5.41) is 4.11. The van der Waals surface area contributed by atoms with Crippen molar-refractivity contribution in [2.75, 3.05) is 12.4 Å². The summed E-state index contributed by atoms with van der Waals surface area (Å²) in [6, 6.07) is 12.4. The maximum absolute atomic E-state index is 6.31. The van der Waals surface area contributed by atoms with Crippen LogP contribution in [0.3, 0.4) is 0 Å². The van der Waals surface area contributed by atoms with Crippen LogP contribution in [0.5, 0.6) is 0 Å². The van der Waals surface area contributed by atoms with Crippen molar-refractivity contribution in [2.24, 2.45) is 5.73 Å². The van der Waals surface area contributed by atoms with Crippen molar-refractivity contribution in [1.29, 1.82) is 0 Å². The van der Waals surface area contributed by atoms with Crippen molar-refractivity contribution >= 4 is 38.8 Å². The van der Waals surface area contributed by atoms with Crippen molar-refractivity contribution < 1.29 is 0 Å². The average Bonchev–Trinajstić information content (AvgIpc) is 3.12. The summed E-state index contributed by atoms with van der Waals surface area (Å²) in [4.78, 5) is 6.09. The monoisotopic (exact) mass is 429 g/mol. The number of aromatic nitrogens is 1. The summed E-state index contributed by atoms with van der Waals surface area (Å²) in [5.41, 5.74) is 9.20. The number of fused-ring (bicyclic) bond motifs is 1. The molecule has 4 rings (SSSR count). The van der Waals surface area contributed by atoms with E-state index >= 15 is 0 Å². The number of nitrogens with zero attached hydrogens (tertiary/aromatic N) is 1. The van der Waals surface area contributed by atoms with E-state index in [0.29, 0.717) is 11.1 Å². The lowest BCUT2D eigenvalue weighted by Gasteiger charge is -2.16. The molecule has 3 aromatic rings. The summed E-state index contributed by atoms with van der Waals surface area (Å²) < 4.78 is 1.22. The Hall–Kier alpha value is -1.88. The number of allylic oxidation sites excluding steroid dienone is 2. The van der Waals surface area contributed by atoms with Gasteiger partial charge in [0.25, 0.3) is 0 Å². The van der Waals surface area contributed by atoms with Gasteiger partial charge in [0.05, 0.1) is 15.9 Å². The van der Waals surface area contributed by atoms with Gasteiger partial charge in [0, 0.05) is 17.5 Å². The summed E-state index contributed by atoms with van der Waals surface area (Å²) in [6.07, 6.45) is 8.14. The predicted octanol–water partition coefficient (Wildman–Crippen LogP) is 7.30. The maximum atomic E-state index is 6.31. The number of benzene rings is 1. The quantitative estimate of drug-likeness (QED) is 0.338. The average molecular weight is 430 g/mol. The van der Waals surface area contributed by atoms with E-state index in [9.17, 15) is 0 Å². The Labute approximate surface area is 184 Å². The van der Waals surface area contributed by atoms with Gasteiger partial charge in [-0.3, -0.25) is 0 Å². The normalized spacial score (nSPS) is 15.2. The fourth-order valence-corrected chi connectivity index (χ4v) is 5.09. The molecule has 5 heteroatoms. The SMILES string of the molecule is CC.CN.Cc1c(C2CC=CCC2)sc2c(NCc3ccccc3)cc(Cl)nc12. The third kappa shape index (κ3) is 5.81. The second-order valence-corrected chi connectivity index (χ2v) is 8.02. The number of aryl methyl sites for hydroxylation is 1. The van der Waals surface area contributed by atoms with Gasteiger partial charge in [0.15, 0.2) is 0 Å². The molecule has 1 aromatic carbocycles. The van der Waals surface area contributed by atoms with Crippen molar-refractivity contribution in [3.05, 3.63) is 69.7 Å². The van der Waals surface area contributed by atoms with Crippen LogP contribution in [0.2, 0.25) is 5.15 Å². The highest BCUT2D eigenvalue weighted by molar-refractivity contribution is 7.20. The van der Waals surface area contributed by atoms with Gasteiger partial charge in [0.1, 0.15) is 5.15 Å². The van der Waals surface area contributed by atoms with Gasteiger partial charge in [-0.05, 0) is 50.3 Å². The van der Waals surface area contributed by atoms with Gasteiger partial charge in [-0.25, -0.2) is 4.98 Å². The zero-order valence-electron chi connectivity index (χ0n) is 17.8. The van der Waals surface area contributed by atoms with Crippen molar-refractivity contribution in [1.82, 2.24) is 4.98 Å². The van der Waals surface area contributed by atoms with E-state index in [2.05, 4.69) is 59.4 Å². The molecule has 0 fully saturated rings. The Morgan fingerprint density at radius 1 is 1.17 bits per heavy atom. The van der Waals surface area contributed by atoms with Crippen LogP contribution in [0.1, 0.15) is 55.0 Å². The number of hydrogen-bond acceptors (Lipinski definition) is 4. The Bertz CT molecular complexity index is 919. The Morgan fingerprint density at radius 3 is 2.55 bits per heavy atom. The summed E-state index contributed by atoms with van der Waals surface area (Å²) in [6.45, 7) is 6.98. The van der Waals surface area contributed by atoms with Crippen molar-refractivity contribution in [2.45, 2.75) is 52.5 Å². The molecule has 1 aliphatic rings. The van der Waals surface area contributed by atoms with E-state index in [0.717, 1.165) is 24.2 Å². The highest BCUT2D eigenvalue weighted by Crippen LogP contribution is 2.43. The second-order valence-electron chi connectivity index (χ2n) is 6.58. The van der Waals surface area contributed by atoms with E-state index < -0.39 is 0 Å². The molecule has 29 heavy (non-hydrogen) atoms. The number of nitrogens with one attached hydrogen (secondary N) is 1. The lowest BCUT2D eigenvalue weighted by molar-refractivity contribution is 0.624. The molecule has 2 heterocycles. The van der Waals surface area contributed by atoms with Crippen LogP contribution < -0.4 is 11.1 Å². The van der Waals surface area contributed by atoms with E-state index in [-0.39, 0.29) is 0 Å². The van der Waals surface area contributed by atoms with Crippen molar-refractivity contribution in [3.8, 4) is 0 Å². The van der Waals surface area contributed by atoms with Crippen molar-refractivity contribution in [3.63, 3.8) is 0 Å². The molecule has 0 saturated heterocycles. The first-order valence-corrected chi connectivity index (χ1v) is 11.5. The molecular weight excluding hydrogens is 398 g/mol. The molecule has 1 atom stereocenters. The van der Waals surface area contributed by atoms with Crippen LogP contribution in [-0.4, -0.2) is 12.0 Å². The highest BCUT2D eigenvalue weighted by Gasteiger charge is 2.21. The van der Waals surface area contributed by atoms with Crippen LogP contribution in [0.25, 0.3) is 10.2 Å². The molecule has 0 amide bonds. The molecule has 0 aliphatic heterocycles. The van der Waals surface area contributed by atoms with Crippen LogP contribution >= 0.6 is 22.9 Å². The first kappa shape index (κ1) is 23.4. The van der Waals surface area contributed by atoms with Gasteiger partial charge in [-0.15, -0.1) is 11.3 Å². The third-order valence-corrected chi connectivity index (χ3v) is 6.51. The first-order chi connectivity index (χ1) is 14.2. The fourth-order valence-electron chi connectivity index (χ4n) is 3.51. The lowest BCUT2D eigenvalue weighted by Crippen LogP contribution is -2.00. The molecule has 0 radical (unpaired) electrons. The molecule has 2 aromatic heterocycles. The topological polar surface area (TPSA) is 50.9 Å². The van der Waals surface area contributed by atoms with Crippen LogP contribution in [0.4, 0.5) is 5.69 Å². The zero-order valence-corrected chi connectivity index (χ0v) is 19.4. The molecule has 1 aliphatic carbocycles. The molecule has 1 unspecified atom stereocenters. The number of halogens is 1. The standard InChI is InChI=1S/C21H21ClN2S.C2H6.CH5N/c1-14-19-21(25-20(14)16-10-6-3-7-11-16)17(12-18(22)24-19)23-13-15-8-4-2-5-9-15;2*1-2/h2-6,8-9,12,16H,7,10-11,13H2,1H3,(H,23,24);1-2H3;2H2,1H3. The lowest BCUT2D eigenvalue weighted by atomic mass is 9.91. The number of hydrogen-bond donors (Lipinski definition) is 2. The summed E-state index contributed by atoms with van der Waals surface area (Å²) in [7, 11) is 1.50. The number of rotatable bonds is 4. The van der Waals surface area contributed by atoms with E-state index in [1.165, 1.54) is 40.6 Å². The van der Waals surface area contributed by atoms with Crippen LogP contribution in [0.15, 0.2) is 48.6 Å². The molecule has 156 valence electrons. The smallest absolute Gasteiger partial charge is 0.131 e. The number of thiophene rings is 1. The predicted molar refractivity (Wildman–Crippen MR) is 130 cm³/mol. The minimum atomic E-state index is 0.555. The summed E-state index contributed by atoms with van der Waals surface area (Å²) in [5.74, 6) is 0.616. The minimum absolute atomic E-state index is 0.555. The Balaban J connectivity index is 0.000000707. The van der Waals surface area contributed by atoms with Crippen LogP contribution in [0, 0.1) is 6.92 Å². The van der Waals surface area contributed by atoms with Gasteiger partial charge >= 0.3 is 0 Å². The fraction of sp³-hybridized carbons (Fsp3) is 0.375. The van der Waals surface area contributed by atoms with Gasteiger partial charge in [-0.1, -0.05) is 67.9 Å². The second kappa shape index (κ2) is 12.0. The van der Waals surface area contributed by atoms with Gasteiger partial charge < -0.3 is 11.1 Å².